The lowest BCUT2D eigenvalue weighted by molar-refractivity contribution is 0.0697. The number of carbonyl (C=O) groups is 1. The van der Waals surface area contributed by atoms with Crippen LogP contribution in [0, 0.1) is 0 Å². The number of hydrogen-bond donors (Lipinski definition) is 1. The topological polar surface area (TPSA) is 43.8 Å². The fraction of sp³-hybridized carbons (Fsp3) is 0.500. The number of hydrogen-bond acceptors (Lipinski definition) is 3. The van der Waals surface area contributed by atoms with E-state index in [-0.39, 0.29) is 0 Å². The molecule has 1 heterocycles. The van der Waals surface area contributed by atoms with E-state index in [0.29, 0.717) is 11.6 Å². The molecule has 0 saturated carbocycles. The molecule has 0 unspecified atom stereocenters. The van der Waals surface area contributed by atoms with Gasteiger partial charge in [0.15, 0.2) is 0 Å². The summed E-state index contributed by atoms with van der Waals surface area (Å²) in [6, 6.07) is 5.83. The standard InChI is InChI=1S/C14H19BrN2O2/c1-16-5-3-12(4-6-16)17(2)13-8-10(14(18)19)7-11(15)9-13/h7-9,12H,3-6H2,1-2H3,(H,18,19). The van der Waals surface area contributed by atoms with Crippen molar-refractivity contribution in [3.8, 4) is 0 Å². The summed E-state index contributed by atoms with van der Waals surface area (Å²) in [5.41, 5.74) is 1.28. The summed E-state index contributed by atoms with van der Waals surface area (Å²) in [7, 11) is 4.18. The largest absolute Gasteiger partial charge is 0.478 e. The van der Waals surface area contributed by atoms with Gasteiger partial charge in [0.1, 0.15) is 0 Å². The summed E-state index contributed by atoms with van der Waals surface area (Å²) >= 11 is 3.38. The molecule has 104 valence electrons. The molecule has 1 aliphatic heterocycles. The van der Waals surface area contributed by atoms with E-state index in [9.17, 15) is 4.79 Å². The van der Waals surface area contributed by atoms with E-state index in [0.717, 1.165) is 36.1 Å². The van der Waals surface area contributed by atoms with Crippen LogP contribution in [0.25, 0.3) is 0 Å². The Morgan fingerprint density at radius 1 is 1.37 bits per heavy atom. The molecule has 1 fully saturated rings. The summed E-state index contributed by atoms with van der Waals surface area (Å²) in [6.45, 7) is 2.18. The van der Waals surface area contributed by atoms with Crippen LogP contribution in [0.3, 0.4) is 0 Å². The molecule has 19 heavy (non-hydrogen) atoms. The van der Waals surface area contributed by atoms with Crippen LogP contribution >= 0.6 is 15.9 Å². The maximum absolute atomic E-state index is 11.1. The SMILES string of the molecule is CN1CCC(N(C)c2cc(Br)cc(C(=O)O)c2)CC1. The second-order valence-corrected chi connectivity index (χ2v) is 6.06. The van der Waals surface area contributed by atoms with E-state index in [1.807, 2.05) is 13.1 Å². The number of piperidine rings is 1. The Hall–Kier alpha value is -1.07. The minimum atomic E-state index is -0.890. The molecule has 4 nitrogen and oxygen atoms in total. The highest BCUT2D eigenvalue weighted by molar-refractivity contribution is 9.10. The Labute approximate surface area is 122 Å². The fourth-order valence-corrected chi connectivity index (χ4v) is 2.98. The van der Waals surface area contributed by atoms with Gasteiger partial charge in [-0.15, -0.1) is 0 Å². The number of aromatic carboxylic acids is 1. The zero-order valence-electron chi connectivity index (χ0n) is 11.3. The first-order valence-electron chi connectivity index (χ1n) is 6.42. The minimum absolute atomic E-state index is 0.323. The lowest BCUT2D eigenvalue weighted by Crippen LogP contribution is -2.42. The lowest BCUT2D eigenvalue weighted by atomic mass is 10.0. The third kappa shape index (κ3) is 3.48. The van der Waals surface area contributed by atoms with Gasteiger partial charge in [-0.3, -0.25) is 0 Å². The van der Waals surface area contributed by atoms with E-state index in [1.165, 1.54) is 0 Å². The van der Waals surface area contributed by atoms with E-state index in [4.69, 9.17) is 5.11 Å². The van der Waals surface area contributed by atoms with Crippen molar-refractivity contribution < 1.29 is 9.90 Å². The molecule has 2 rings (SSSR count). The maximum atomic E-state index is 11.1. The van der Waals surface area contributed by atoms with Crippen molar-refractivity contribution in [1.29, 1.82) is 0 Å². The van der Waals surface area contributed by atoms with Gasteiger partial charge in [-0.25, -0.2) is 4.79 Å². The molecular formula is C14H19BrN2O2. The highest BCUT2D eigenvalue weighted by atomic mass is 79.9. The van der Waals surface area contributed by atoms with E-state index in [2.05, 4.69) is 32.8 Å². The van der Waals surface area contributed by atoms with Crippen LogP contribution in [-0.2, 0) is 0 Å². The number of anilines is 1. The summed E-state index contributed by atoms with van der Waals surface area (Å²) in [4.78, 5) is 15.6. The number of halogens is 1. The van der Waals surface area contributed by atoms with Crippen molar-refractivity contribution >= 4 is 27.6 Å². The van der Waals surface area contributed by atoms with Crippen molar-refractivity contribution in [1.82, 2.24) is 4.90 Å². The number of carboxylic acid groups (broad SMARTS) is 1. The Kier molecular flexibility index (Phi) is 4.47. The smallest absolute Gasteiger partial charge is 0.335 e. The van der Waals surface area contributed by atoms with E-state index < -0.39 is 5.97 Å². The summed E-state index contributed by atoms with van der Waals surface area (Å²) in [6.07, 6.45) is 2.23. The third-order valence-corrected chi connectivity index (χ3v) is 4.23. The Morgan fingerprint density at radius 2 is 2.00 bits per heavy atom. The second kappa shape index (κ2) is 5.92. The lowest BCUT2D eigenvalue weighted by Gasteiger charge is -2.36. The first-order valence-corrected chi connectivity index (χ1v) is 7.22. The van der Waals surface area contributed by atoms with Crippen molar-refractivity contribution in [3.63, 3.8) is 0 Å². The van der Waals surface area contributed by atoms with Crippen LogP contribution in [0.15, 0.2) is 22.7 Å². The van der Waals surface area contributed by atoms with Gasteiger partial charge < -0.3 is 14.9 Å². The zero-order valence-corrected chi connectivity index (χ0v) is 12.9. The van der Waals surface area contributed by atoms with Gasteiger partial charge >= 0.3 is 5.97 Å². The van der Waals surface area contributed by atoms with Gasteiger partial charge in [0.05, 0.1) is 5.56 Å². The predicted octanol–water partition coefficient (Wildman–Crippen LogP) is 2.68. The first-order chi connectivity index (χ1) is 8.97. The number of nitrogens with zero attached hydrogens (tertiary/aromatic N) is 2. The van der Waals surface area contributed by atoms with Gasteiger partial charge in [-0.05, 0) is 51.2 Å². The van der Waals surface area contributed by atoms with Crippen LogP contribution in [0.1, 0.15) is 23.2 Å². The average molecular weight is 327 g/mol. The Balaban J connectivity index is 2.18. The average Bonchev–Trinajstić information content (AvgIpc) is 2.38. The minimum Gasteiger partial charge on any atom is -0.478 e. The highest BCUT2D eigenvalue weighted by Gasteiger charge is 2.21. The van der Waals surface area contributed by atoms with Crippen LogP contribution in [0.2, 0.25) is 0 Å². The summed E-state index contributed by atoms with van der Waals surface area (Å²) < 4.78 is 0.808. The molecule has 1 N–H and O–H groups in total. The van der Waals surface area contributed by atoms with Gasteiger partial charge in [0.25, 0.3) is 0 Å². The van der Waals surface area contributed by atoms with Crippen LogP contribution in [0.5, 0.6) is 0 Å². The monoisotopic (exact) mass is 326 g/mol. The van der Waals surface area contributed by atoms with Crippen molar-refractivity contribution in [3.05, 3.63) is 28.2 Å². The van der Waals surface area contributed by atoms with Crippen LogP contribution in [0.4, 0.5) is 5.69 Å². The maximum Gasteiger partial charge on any atom is 0.335 e. The molecule has 0 atom stereocenters. The first kappa shape index (κ1) is 14.3. The van der Waals surface area contributed by atoms with E-state index in [1.54, 1.807) is 12.1 Å². The van der Waals surface area contributed by atoms with Gasteiger partial charge in [0.2, 0.25) is 0 Å². The summed E-state index contributed by atoms with van der Waals surface area (Å²) in [5, 5.41) is 9.11. The summed E-state index contributed by atoms with van der Waals surface area (Å²) in [5.74, 6) is -0.890. The number of rotatable bonds is 3. The number of benzene rings is 1. The van der Waals surface area contributed by atoms with Gasteiger partial charge in [-0.1, -0.05) is 15.9 Å². The molecule has 0 amide bonds. The normalized spacial score (nSPS) is 17.4. The number of carboxylic acids is 1. The molecule has 1 aliphatic rings. The molecule has 1 aromatic carbocycles. The fourth-order valence-electron chi connectivity index (χ4n) is 2.49. The molecular weight excluding hydrogens is 308 g/mol. The highest BCUT2D eigenvalue weighted by Crippen LogP contribution is 2.26. The Morgan fingerprint density at radius 3 is 2.58 bits per heavy atom. The molecule has 5 heteroatoms. The molecule has 0 aliphatic carbocycles. The molecule has 1 aromatic rings. The zero-order chi connectivity index (χ0) is 14.0. The number of likely N-dealkylation sites (tertiary alicyclic amines) is 1. The van der Waals surface area contributed by atoms with Crippen LogP contribution in [-0.4, -0.2) is 49.2 Å². The van der Waals surface area contributed by atoms with Crippen molar-refractivity contribution in [2.24, 2.45) is 0 Å². The van der Waals surface area contributed by atoms with E-state index >= 15 is 0 Å². The molecule has 0 radical (unpaired) electrons. The quantitative estimate of drug-likeness (QED) is 0.927. The third-order valence-electron chi connectivity index (χ3n) is 3.77. The molecule has 0 bridgehead atoms. The Bertz CT molecular complexity index is 471. The molecule has 0 aromatic heterocycles. The van der Waals surface area contributed by atoms with Crippen molar-refractivity contribution in [2.45, 2.75) is 18.9 Å². The van der Waals surface area contributed by atoms with Crippen molar-refractivity contribution in [2.75, 3.05) is 32.1 Å². The molecule has 1 saturated heterocycles. The predicted molar refractivity (Wildman–Crippen MR) is 80.0 cm³/mol. The molecule has 0 spiro atoms. The van der Waals surface area contributed by atoms with Gasteiger partial charge in [-0.2, -0.15) is 0 Å². The van der Waals surface area contributed by atoms with Gasteiger partial charge in [0, 0.05) is 23.2 Å². The second-order valence-electron chi connectivity index (χ2n) is 5.15. The van der Waals surface area contributed by atoms with Crippen LogP contribution < -0.4 is 4.90 Å².